The zero-order valence-electron chi connectivity index (χ0n) is 11.4. The van der Waals surface area contributed by atoms with Crippen LogP contribution in [0.1, 0.15) is 64.7 Å². The molecule has 0 spiro atoms. The first-order valence-electron chi connectivity index (χ1n) is 7.66. The fraction of sp³-hybridized carbons (Fsp3) is 0.875. The molecule has 0 saturated heterocycles. The van der Waals surface area contributed by atoms with Gasteiger partial charge in [0.2, 0.25) is 0 Å². The van der Waals surface area contributed by atoms with Gasteiger partial charge in [-0.1, -0.05) is 6.92 Å². The van der Waals surface area contributed by atoms with Gasteiger partial charge in [0.1, 0.15) is 11.6 Å². The molecule has 0 aliphatic heterocycles. The highest BCUT2D eigenvalue weighted by Crippen LogP contribution is 2.60. The first kappa shape index (κ1) is 12.4. The van der Waals surface area contributed by atoms with Crippen molar-refractivity contribution in [3.8, 4) is 0 Å². The normalized spacial score (nSPS) is 41.1. The molecule has 4 rings (SSSR count). The molecule has 0 N–H and O–H groups in total. The van der Waals surface area contributed by atoms with Gasteiger partial charge in [0, 0.05) is 11.8 Å². The fourth-order valence-corrected chi connectivity index (χ4v) is 5.19. The van der Waals surface area contributed by atoms with E-state index in [0.29, 0.717) is 12.2 Å². The summed E-state index contributed by atoms with van der Waals surface area (Å²) in [6.07, 6.45) is 9.02. The zero-order chi connectivity index (χ0) is 12.8. The Morgan fingerprint density at radius 1 is 1.00 bits per heavy atom. The molecule has 0 atom stereocenters. The lowest BCUT2D eigenvalue weighted by molar-refractivity contribution is -0.146. The molecule has 2 nitrogen and oxygen atoms in total. The molecule has 4 fully saturated rings. The number of rotatable bonds is 5. The van der Waals surface area contributed by atoms with E-state index in [9.17, 15) is 9.59 Å². The third kappa shape index (κ3) is 2.04. The third-order valence-corrected chi connectivity index (χ3v) is 5.52. The molecule has 4 aliphatic carbocycles. The van der Waals surface area contributed by atoms with Gasteiger partial charge in [0.05, 0.1) is 6.42 Å². The molecule has 4 saturated carbocycles. The second kappa shape index (κ2) is 4.47. The van der Waals surface area contributed by atoms with Crippen LogP contribution in [0.15, 0.2) is 0 Å². The molecule has 0 amide bonds. The molecule has 18 heavy (non-hydrogen) atoms. The van der Waals surface area contributed by atoms with Gasteiger partial charge in [-0.15, -0.1) is 0 Å². The van der Waals surface area contributed by atoms with Gasteiger partial charge in [-0.25, -0.2) is 0 Å². The summed E-state index contributed by atoms with van der Waals surface area (Å²) in [6, 6.07) is 0. The average Bonchev–Trinajstić information content (AvgIpc) is 2.27. The highest BCUT2D eigenvalue weighted by Gasteiger charge is 2.54. The summed E-state index contributed by atoms with van der Waals surface area (Å²) in [5, 5.41) is 0. The Morgan fingerprint density at radius 3 is 1.94 bits per heavy atom. The van der Waals surface area contributed by atoms with Gasteiger partial charge < -0.3 is 0 Å². The van der Waals surface area contributed by atoms with Crippen molar-refractivity contribution in [3.63, 3.8) is 0 Å². The number of hydrogen-bond donors (Lipinski definition) is 0. The van der Waals surface area contributed by atoms with Crippen LogP contribution in [0.2, 0.25) is 0 Å². The summed E-state index contributed by atoms with van der Waals surface area (Å²) in [7, 11) is 0. The maximum atomic E-state index is 12.6. The number of carbonyl (C=O) groups excluding carboxylic acids is 2. The van der Waals surface area contributed by atoms with E-state index >= 15 is 0 Å². The van der Waals surface area contributed by atoms with Gasteiger partial charge in [-0.3, -0.25) is 9.59 Å². The van der Waals surface area contributed by atoms with Crippen LogP contribution in [-0.4, -0.2) is 11.6 Å². The van der Waals surface area contributed by atoms with E-state index in [1.165, 1.54) is 19.3 Å². The van der Waals surface area contributed by atoms with Gasteiger partial charge in [-0.05, 0) is 62.7 Å². The first-order valence-corrected chi connectivity index (χ1v) is 7.66. The number of Topliss-reactive ketones (excluding diaryl/α,β-unsaturated/α-hetero) is 2. The summed E-state index contributed by atoms with van der Waals surface area (Å²) in [4.78, 5) is 24.3. The number of carbonyl (C=O) groups is 2. The van der Waals surface area contributed by atoms with Crippen LogP contribution in [0.4, 0.5) is 0 Å². The van der Waals surface area contributed by atoms with Crippen molar-refractivity contribution >= 4 is 11.6 Å². The average molecular weight is 248 g/mol. The summed E-state index contributed by atoms with van der Waals surface area (Å²) in [6.45, 7) is 2.01. The molecule has 100 valence electrons. The smallest absolute Gasteiger partial charge is 0.146 e. The second-order valence-electron chi connectivity index (χ2n) is 7.09. The second-order valence-corrected chi connectivity index (χ2v) is 7.09. The molecule has 0 radical (unpaired) electrons. The van der Waals surface area contributed by atoms with E-state index in [1.54, 1.807) is 0 Å². The Balaban J connectivity index is 1.71. The van der Waals surface area contributed by atoms with Gasteiger partial charge >= 0.3 is 0 Å². The minimum absolute atomic E-state index is 0.0713. The topological polar surface area (TPSA) is 34.1 Å². The quantitative estimate of drug-likeness (QED) is 0.697. The highest BCUT2D eigenvalue weighted by atomic mass is 16.1. The molecule has 4 aliphatic rings. The minimum atomic E-state index is -0.0713. The Morgan fingerprint density at radius 2 is 1.50 bits per heavy atom. The van der Waals surface area contributed by atoms with Crippen LogP contribution < -0.4 is 0 Å². The van der Waals surface area contributed by atoms with Crippen LogP contribution >= 0.6 is 0 Å². The van der Waals surface area contributed by atoms with Gasteiger partial charge in [0.15, 0.2) is 0 Å². The monoisotopic (exact) mass is 248 g/mol. The Labute approximate surface area is 110 Å². The number of ketones is 2. The molecular weight excluding hydrogens is 224 g/mol. The largest absolute Gasteiger partial charge is 0.299 e. The minimum Gasteiger partial charge on any atom is -0.299 e. The highest BCUT2D eigenvalue weighted by molar-refractivity contribution is 6.01. The van der Waals surface area contributed by atoms with Crippen LogP contribution in [0.5, 0.6) is 0 Å². The van der Waals surface area contributed by atoms with Crippen molar-refractivity contribution in [2.45, 2.75) is 64.7 Å². The van der Waals surface area contributed by atoms with Crippen molar-refractivity contribution < 1.29 is 9.59 Å². The first-order chi connectivity index (χ1) is 8.61. The maximum Gasteiger partial charge on any atom is 0.146 e. The summed E-state index contributed by atoms with van der Waals surface area (Å²) >= 11 is 0. The van der Waals surface area contributed by atoms with E-state index < -0.39 is 0 Å². The maximum absolute atomic E-state index is 12.6. The summed E-state index contributed by atoms with van der Waals surface area (Å²) in [5.41, 5.74) is -0.0713. The SMILES string of the molecule is CCCC(=O)CC(=O)C12CC3CC(CC(C3)C1)C2. The van der Waals surface area contributed by atoms with Crippen LogP contribution in [0.3, 0.4) is 0 Å². The predicted molar refractivity (Wildman–Crippen MR) is 70.1 cm³/mol. The van der Waals surface area contributed by atoms with E-state index in [4.69, 9.17) is 0 Å². The Kier molecular flexibility index (Phi) is 3.07. The van der Waals surface area contributed by atoms with E-state index in [0.717, 1.165) is 43.4 Å². The summed E-state index contributed by atoms with van der Waals surface area (Å²) in [5.74, 6) is 2.84. The van der Waals surface area contributed by atoms with Crippen molar-refractivity contribution in [3.05, 3.63) is 0 Å². The lowest BCUT2D eigenvalue weighted by Crippen LogP contribution is -2.50. The molecule has 0 aromatic rings. The standard InChI is InChI=1S/C16H24O2/c1-2-3-14(17)7-15(18)16-8-11-4-12(9-16)6-13(5-11)10-16/h11-13H,2-10H2,1H3. The van der Waals surface area contributed by atoms with Crippen molar-refractivity contribution in [1.29, 1.82) is 0 Å². The van der Waals surface area contributed by atoms with E-state index in [2.05, 4.69) is 0 Å². The van der Waals surface area contributed by atoms with Crippen LogP contribution in [0.25, 0.3) is 0 Å². The third-order valence-electron chi connectivity index (χ3n) is 5.52. The Bertz CT molecular complexity index is 334. The molecule has 2 heteroatoms. The molecule has 0 aromatic heterocycles. The predicted octanol–water partition coefficient (Wildman–Crippen LogP) is 3.53. The van der Waals surface area contributed by atoms with E-state index in [-0.39, 0.29) is 17.6 Å². The molecular formula is C16H24O2. The molecule has 0 heterocycles. The van der Waals surface area contributed by atoms with Gasteiger partial charge in [-0.2, -0.15) is 0 Å². The van der Waals surface area contributed by atoms with E-state index in [1.807, 2.05) is 6.92 Å². The van der Waals surface area contributed by atoms with Crippen molar-refractivity contribution in [1.82, 2.24) is 0 Å². The van der Waals surface area contributed by atoms with Crippen molar-refractivity contribution in [2.24, 2.45) is 23.2 Å². The fourth-order valence-electron chi connectivity index (χ4n) is 5.19. The zero-order valence-corrected chi connectivity index (χ0v) is 11.4. The van der Waals surface area contributed by atoms with Crippen molar-refractivity contribution in [2.75, 3.05) is 0 Å². The Hall–Kier alpha value is -0.660. The lowest BCUT2D eigenvalue weighted by atomic mass is 9.48. The molecule has 4 bridgehead atoms. The van der Waals surface area contributed by atoms with Crippen LogP contribution in [-0.2, 0) is 9.59 Å². The van der Waals surface area contributed by atoms with Crippen LogP contribution in [0, 0.1) is 23.2 Å². The lowest BCUT2D eigenvalue weighted by Gasteiger charge is -2.56. The summed E-state index contributed by atoms with van der Waals surface area (Å²) < 4.78 is 0. The number of hydrogen-bond acceptors (Lipinski definition) is 2. The molecule has 0 aromatic carbocycles. The molecule has 0 unspecified atom stereocenters. The van der Waals surface area contributed by atoms with Gasteiger partial charge in [0.25, 0.3) is 0 Å².